The van der Waals surface area contributed by atoms with Crippen LogP contribution in [0.2, 0.25) is 0 Å². The standard InChI is InChI=1S/C16H18FN3/c1-12-10-19-5-6-20(12)16-8-14(7-15(17)9-16)13-3-2-4-18-11-13/h2-4,7-9,11-12,19H,5-6,10H2,1H3/t12-/m1/s1. The molecule has 1 N–H and O–H groups in total. The lowest BCUT2D eigenvalue weighted by molar-refractivity contribution is 0.499. The molecule has 0 amide bonds. The van der Waals surface area contributed by atoms with Crippen LogP contribution in [0.25, 0.3) is 11.1 Å². The fraction of sp³-hybridized carbons (Fsp3) is 0.312. The Kier molecular flexibility index (Phi) is 3.65. The lowest BCUT2D eigenvalue weighted by Crippen LogP contribution is -2.49. The molecule has 0 spiro atoms. The summed E-state index contributed by atoms with van der Waals surface area (Å²) in [4.78, 5) is 6.35. The highest BCUT2D eigenvalue weighted by molar-refractivity contribution is 5.68. The third-order valence-electron chi connectivity index (χ3n) is 3.71. The molecule has 20 heavy (non-hydrogen) atoms. The number of aromatic nitrogens is 1. The highest BCUT2D eigenvalue weighted by Gasteiger charge is 2.19. The lowest BCUT2D eigenvalue weighted by atomic mass is 10.1. The minimum Gasteiger partial charge on any atom is -0.366 e. The molecule has 1 fully saturated rings. The normalized spacial score (nSPS) is 19.1. The second-order valence-corrected chi connectivity index (χ2v) is 5.19. The number of hydrogen-bond donors (Lipinski definition) is 1. The molecule has 3 nitrogen and oxygen atoms in total. The SMILES string of the molecule is C[C@@H]1CNCCN1c1cc(F)cc(-c2cccnc2)c1. The molecule has 4 heteroatoms. The molecule has 1 aliphatic heterocycles. The van der Waals surface area contributed by atoms with Gasteiger partial charge in [0, 0.05) is 49.3 Å². The zero-order chi connectivity index (χ0) is 13.9. The second-order valence-electron chi connectivity index (χ2n) is 5.19. The van der Waals surface area contributed by atoms with Crippen LogP contribution in [0.3, 0.4) is 0 Å². The summed E-state index contributed by atoms with van der Waals surface area (Å²) in [5, 5.41) is 3.35. The van der Waals surface area contributed by atoms with Gasteiger partial charge in [-0.1, -0.05) is 6.07 Å². The second kappa shape index (κ2) is 5.59. The predicted octanol–water partition coefficient (Wildman–Crippen LogP) is 2.69. The predicted molar refractivity (Wildman–Crippen MR) is 79.3 cm³/mol. The van der Waals surface area contributed by atoms with Crippen molar-refractivity contribution in [1.29, 1.82) is 0 Å². The van der Waals surface area contributed by atoms with E-state index in [1.165, 1.54) is 0 Å². The minimum atomic E-state index is -0.202. The maximum absolute atomic E-state index is 13.9. The number of anilines is 1. The Morgan fingerprint density at radius 3 is 2.95 bits per heavy atom. The minimum absolute atomic E-state index is 0.202. The van der Waals surface area contributed by atoms with Crippen molar-refractivity contribution < 1.29 is 4.39 Å². The number of halogens is 1. The molecule has 0 aliphatic carbocycles. The Hall–Kier alpha value is -1.94. The molecule has 0 bridgehead atoms. The van der Waals surface area contributed by atoms with Crippen LogP contribution in [-0.4, -0.2) is 30.7 Å². The zero-order valence-corrected chi connectivity index (χ0v) is 11.5. The van der Waals surface area contributed by atoms with Crippen molar-refractivity contribution in [2.45, 2.75) is 13.0 Å². The number of nitrogens with one attached hydrogen (secondary N) is 1. The lowest BCUT2D eigenvalue weighted by Gasteiger charge is -2.36. The molecule has 1 aromatic carbocycles. The van der Waals surface area contributed by atoms with E-state index in [-0.39, 0.29) is 5.82 Å². The van der Waals surface area contributed by atoms with E-state index >= 15 is 0 Å². The van der Waals surface area contributed by atoms with Crippen LogP contribution in [-0.2, 0) is 0 Å². The highest BCUT2D eigenvalue weighted by atomic mass is 19.1. The van der Waals surface area contributed by atoms with Crippen molar-refractivity contribution in [1.82, 2.24) is 10.3 Å². The molecule has 0 saturated carbocycles. The van der Waals surface area contributed by atoms with E-state index in [0.717, 1.165) is 36.4 Å². The number of piperazine rings is 1. The number of hydrogen-bond acceptors (Lipinski definition) is 3. The third-order valence-corrected chi connectivity index (χ3v) is 3.71. The third kappa shape index (κ3) is 2.65. The van der Waals surface area contributed by atoms with Gasteiger partial charge in [-0.15, -0.1) is 0 Å². The number of nitrogens with zero attached hydrogens (tertiary/aromatic N) is 2. The molecule has 1 saturated heterocycles. The topological polar surface area (TPSA) is 28.2 Å². The van der Waals surface area contributed by atoms with Crippen LogP contribution in [0.4, 0.5) is 10.1 Å². The molecule has 1 atom stereocenters. The first-order valence-corrected chi connectivity index (χ1v) is 6.92. The molecule has 0 unspecified atom stereocenters. The molecule has 0 radical (unpaired) electrons. The van der Waals surface area contributed by atoms with Gasteiger partial charge in [-0.05, 0) is 36.8 Å². The summed E-state index contributed by atoms with van der Waals surface area (Å²) in [6, 6.07) is 9.41. The summed E-state index contributed by atoms with van der Waals surface area (Å²) in [6.45, 7) is 4.92. The van der Waals surface area contributed by atoms with Gasteiger partial charge in [0.2, 0.25) is 0 Å². The highest BCUT2D eigenvalue weighted by Crippen LogP contribution is 2.27. The van der Waals surface area contributed by atoms with E-state index in [2.05, 4.69) is 22.1 Å². The Morgan fingerprint density at radius 1 is 1.30 bits per heavy atom. The van der Waals surface area contributed by atoms with Crippen molar-refractivity contribution in [2.75, 3.05) is 24.5 Å². The molecule has 3 rings (SSSR count). The summed E-state index contributed by atoms with van der Waals surface area (Å²) in [5.41, 5.74) is 2.76. The van der Waals surface area contributed by atoms with E-state index in [1.54, 1.807) is 24.5 Å². The molecule has 104 valence electrons. The van der Waals surface area contributed by atoms with E-state index in [9.17, 15) is 4.39 Å². The Morgan fingerprint density at radius 2 is 2.20 bits per heavy atom. The van der Waals surface area contributed by atoms with Gasteiger partial charge in [0.05, 0.1) is 0 Å². The fourth-order valence-electron chi connectivity index (χ4n) is 2.66. The van der Waals surface area contributed by atoms with E-state index in [4.69, 9.17) is 0 Å². The first-order chi connectivity index (χ1) is 9.74. The van der Waals surface area contributed by atoms with Gasteiger partial charge < -0.3 is 10.2 Å². The molecular formula is C16H18FN3. The Bertz CT molecular complexity index is 586. The van der Waals surface area contributed by atoms with Gasteiger partial charge in [0.1, 0.15) is 5.82 Å². The molecule has 1 aromatic heterocycles. The van der Waals surface area contributed by atoms with Crippen LogP contribution in [0.1, 0.15) is 6.92 Å². The van der Waals surface area contributed by atoms with Crippen LogP contribution in [0.15, 0.2) is 42.7 Å². The van der Waals surface area contributed by atoms with Crippen LogP contribution >= 0.6 is 0 Å². The van der Waals surface area contributed by atoms with E-state index in [1.807, 2.05) is 18.2 Å². The van der Waals surface area contributed by atoms with Crippen molar-refractivity contribution in [3.63, 3.8) is 0 Å². The van der Waals surface area contributed by atoms with Gasteiger partial charge >= 0.3 is 0 Å². The Labute approximate surface area is 118 Å². The summed E-state index contributed by atoms with van der Waals surface area (Å²) in [6.07, 6.45) is 3.49. The van der Waals surface area contributed by atoms with E-state index < -0.39 is 0 Å². The molecule has 1 aliphatic rings. The fourth-order valence-corrected chi connectivity index (χ4v) is 2.66. The van der Waals surface area contributed by atoms with E-state index in [0.29, 0.717) is 6.04 Å². The smallest absolute Gasteiger partial charge is 0.125 e. The van der Waals surface area contributed by atoms with Crippen LogP contribution < -0.4 is 10.2 Å². The van der Waals surface area contributed by atoms with Crippen molar-refractivity contribution in [3.05, 3.63) is 48.5 Å². The van der Waals surface area contributed by atoms with Crippen molar-refractivity contribution in [2.24, 2.45) is 0 Å². The van der Waals surface area contributed by atoms with Gasteiger partial charge in [-0.25, -0.2) is 4.39 Å². The monoisotopic (exact) mass is 271 g/mol. The maximum Gasteiger partial charge on any atom is 0.125 e. The van der Waals surface area contributed by atoms with Gasteiger partial charge in [-0.3, -0.25) is 4.98 Å². The molecular weight excluding hydrogens is 253 g/mol. The van der Waals surface area contributed by atoms with Crippen LogP contribution in [0.5, 0.6) is 0 Å². The number of pyridine rings is 1. The summed E-state index contributed by atoms with van der Waals surface area (Å²) >= 11 is 0. The quantitative estimate of drug-likeness (QED) is 0.910. The van der Waals surface area contributed by atoms with Gasteiger partial charge in [-0.2, -0.15) is 0 Å². The summed E-state index contributed by atoms with van der Waals surface area (Å²) in [5.74, 6) is -0.202. The number of rotatable bonds is 2. The summed E-state index contributed by atoms with van der Waals surface area (Å²) < 4.78 is 13.9. The summed E-state index contributed by atoms with van der Waals surface area (Å²) in [7, 11) is 0. The first-order valence-electron chi connectivity index (χ1n) is 6.92. The number of benzene rings is 1. The maximum atomic E-state index is 13.9. The van der Waals surface area contributed by atoms with Gasteiger partial charge in [0.25, 0.3) is 0 Å². The zero-order valence-electron chi connectivity index (χ0n) is 11.5. The Balaban J connectivity index is 1.98. The molecule has 2 aromatic rings. The van der Waals surface area contributed by atoms with Crippen LogP contribution in [0, 0.1) is 5.82 Å². The van der Waals surface area contributed by atoms with Crippen molar-refractivity contribution in [3.8, 4) is 11.1 Å². The van der Waals surface area contributed by atoms with Gasteiger partial charge in [0.15, 0.2) is 0 Å². The van der Waals surface area contributed by atoms with Crippen molar-refractivity contribution >= 4 is 5.69 Å². The first kappa shape index (κ1) is 13.1. The molecule has 2 heterocycles. The average Bonchev–Trinajstić information content (AvgIpc) is 2.48. The largest absolute Gasteiger partial charge is 0.366 e. The average molecular weight is 271 g/mol.